The molecular formula is C17H22N2O6S. The molecule has 0 aliphatic carbocycles. The van der Waals surface area contributed by atoms with Crippen LogP contribution in [0.25, 0.3) is 0 Å². The number of nitrogens with one attached hydrogen (secondary N) is 1. The summed E-state index contributed by atoms with van der Waals surface area (Å²) in [5.74, 6) is 1.15. The molecule has 1 amide bonds. The van der Waals surface area contributed by atoms with Gasteiger partial charge in [-0.15, -0.1) is 0 Å². The smallest absolute Gasteiger partial charge is 0.251 e. The van der Waals surface area contributed by atoms with Crippen molar-refractivity contribution in [2.24, 2.45) is 0 Å². The number of hydrogen-bond donors (Lipinski definition) is 1. The molecule has 1 N–H and O–H groups in total. The van der Waals surface area contributed by atoms with Gasteiger partial charge in [0.15, 0.2) is 11.5 Å². The lowest BCUT2D eigenvalue weighted by atomic mass is 10.2. The van der Waals surface area contributed by atoms with E-state index < -0.39 is 10.0 Å². The molecular weight excluding hydrogens is 360 g/mol. The largest absolute Gasteiger partial charge is 0.493 e. The number of sulfonamides is 1. The van der Waals surface area contributed by atoms with Gasteiger partial charge in [0.2, 0.25) is 10.0 Å². The standard InChI is InChI=1S/C17H22N2O6S/c1-23-15-7-6-13(11-16(15)24-2)17(20)18-8-9-19(26(3,21)22)12-14-5-4-10-25-14/h4-7,10-11H,8-9,12H2,1-3H3,(H,18,20). The number of methoxy groups -OCH3 is 2. The van der Waals surface area contributed by atoms with Crippen LogP contribution in [0.5, 0.6) is 11.5 Å². The van der Waals surface area contributed by atoms with Crippen LogP contribution in [0.3, 0.4) is 0 Å². The summed E-state index contributed by atoms with van der Waals surface area (Å²) in [4.78, 5) is 12.3. The molecule has 2 rings (SSSR count). The van der Waals surface area contributed by atoms with Crippen molar-refractivity contribution in [2.75, 3.05) is 33.6 Å². The number of benzene rings is 1. The highest BCUT2D eigenvalue weighted by atomic mass is 32.2. The number of carbonyl (C=O) groups is 1. The number of nitrogens with zero attached hydrogens (tertiary/aromatic N) is 1. The molecule has 9 heteroatoms. The molecule has 1 aromatic heterocycles. The van der Waals surface area contributed by atoms with Crippen molar-refractivity contribution in [1.82, 2.24) is 9.62 Å². The molecule has 142 valence electrons. The van der Waals surface area contributed by atoms with Crippen molar-refractivity contribution in [3.63, 3.8) is 0 Å². The van der Waals surface area contributed by atoms with Crippen LogP contribution in [0, 0.1) is 0 Å². The predicted octanol–water partition coefficient (Wildman–Crippen LogP) is 1.49. The second kappa shape index (κ2) is 8.72. The zero-order valence-electron chi connectivity index (χ0n) is 14.9. The molecule has 0 bridgehead atoms. The van der Waals surface area contributed by atoms with Gasteiger partial charge < -0.3 is 19.2 Å². The average Bonchev–Trinajstić information content (AvgIpc) is 3.12. The number of rotatable bonds is 9. The third kappa shape index (κ3) is 5.24. The first-order valence-corrected chi connectivity index (χ1v) is 9.67. The summed E-state index contributed by atoms with van der Waals surface area (Å²) in [7, 11) is -0.443. The van der Waals surface area contributed by atoms with Crippen LogP contribution in [-0.4, -0.2) is 52.2 Å². The van der Waals surface area contributed by atoms with Gasteiger partial charge >= 0.3 is 0 Å². The van der Waals surface area contributed by atoms with Crippen LogP contribution in [-0.2, 0) is 16.6 Å². The number of hydrogen-bond acceptors (Lipinski definition) is 6. The minimum absolute atomic E-state index is 0.109. The minimum Gasteiger partial charge on any atom is -0.493 e. The molecule has 8 nitrogen and oxygen atoms in total. The van der Waals surface area contributed by atoms with Gasteiger partial charge in [-0.25, -0.2) is 8.42 Å². The summed E-state index contributed by atoms with van der Waals surface area (Å²) < 4.78 is 40.5. The van der Waals surface area contributed by atoms with E-state index in [1.54, 1.807) is 30.3 Å². The first kappa shape index (κ1) is 19.8. The summed E-state index contributed by atoms with van der Waals surface area (Å²) in [6.07, 6.45) is 2.60. The molecule has 0 aliphatic rings. The highest BCUT2D eigenvalue weighted by molar-refractivity contribution is 7.88. The van der Waals surface area contributed by atoms with E-state index in [0.717, 1.165) is 6.26 Å². The Balaban J connectivity index is 1.97. The van der Waals surface area contributed by atoms with Crippen molar-refractivity contribution in [1.29, 1.82) is 0 Å². The minimum atomic E-state index is -3.44. The van der Waals surface area contributed by atoms with Gasteiger partial charge in [0.1, 0.15) is 5.76 Å². The van der Waals surface area contributed by atoms with Crippen molar-refractivity contribution in [3.8, 4) is 11.5 Å². The van der Waals surface area contributed by atoms with E-state index >= 15 is 0 Å². The highest BCUT2D eigenvalue weighted by Gasteiger charge is 2.18. The van der Waals surface area contributed by atoms with E-state index in [-0.39, 0.29) is 25.5 Å². The van der Waals surface area contributed by atoms with Gasteiger partial charge in [-0.2, -0.15) is 4.31 Å². The van der Waals surface area contributed by atoms with Gasteiger partial charge in [-0.05, 0) is 30.3 Å². The number of amides is 1. The maximum Gasteiger partial charge on any atom is 0.251 e. The van der Waals surface area contributed by atoms with Crippen molar-refractivity contribution in [3.05, 3.63) is 47.9 Å². The molecule has 1 heterocycles. The summed E-state index contributed by atoms with van der Waals surface area (Å²) in [6.45, 7) is 0.386. The molecule has 0 saturated carbocycles. The van der Waals surface area contributed by atoms with Crippen LogP contribution in [0.15, 0.2) is 41.0 Å². The van der Waals surface area contributed by atoms with Crippen molar-refractivity contribution >= 4 is 15.9 Å². The summed E-state index contributed by atoms with van der Waals surface area (Å²) in [5, 5.41) is 2.70. The average molecular weight is 382 g/mol. The van der Waals surface area contributed by atoms with E-state index in [1.807, 2.05) is 0 Å². The molecule has 0 spiro atoms. The second-order valence-corrected chi connectivity index (χ2v) is 7.48. The molecule has 2 aromatic rings. The number of furan rings is 1. The third-order valence-corrected chi connectivity index (χ3v) is 4.92. The summed E-state index contributed by atoms with van der Waals surface area (Å²) >= 11 is 0. The lowest BCUT2D eigenvalue weighted by Gasteiger charge is -2.19. The fourth-order valence-electron chi connectivity index (χ4n) is 2.31. The lowest BCUT2D eigenvalue weighted by Crippen LogP contribution is -2.37. The van der Waals surface area contributed by atoms with Gasteiger partial charge in [-0.1, -0.05) is 0 Å². The fourth-order valence-corrected chi connectivity index (χ4v) is 3.10. The topological polar surface area (TPSA) is 98.1 Å². The molecule has 0 atom stereocenters. The quantitative estimate of drug-likeness (QED) is 0.706. The molecule has 0 saturated heterocycles. The zero-order chi connectivity index (χ0) is 19.2. The maximum atomic E-state index is 12.3. The molecule has 0 radical (unpaired) electrons. The lowest BCUT2D eigenvalue weighted by molar-refractivity contribution is 0.0951. The van der Waals surface area contributed by atoms with Crippen LogP contribution >= 0.6 is 0 Å². The Labute approximate surface area is 152 Å². The third-order valence-electron chi connectivity index (χ3n) is 3.67. The molecule has 0 fully saturated rings. The van der Waals surface area contributed by atoms with Crippen LogP contribution in [0.4, 0.5) is 0 Å². The van der Waals surface area contributed by atoms with E-state index in [0.29, 0.717) is 22.8 Å². The van der Waals surface area contributed by atoms with Gasteiger partial charge in [0.05, 0.1) is 33.3 Å². The molecule has 0 unspecified atom stereocenters. The van der Waals surface area contributed by atoms with Crippen molar-refractivity contribution < 1.29 is 27.1 Å². The number of carbonyl (C=O) groups excluding carboxylic acids is 1. The Morgan fingerprint density at radius 1 is 1.19 bits per heavy atom. The monoisotopic (exact) mass is 382 g/mol. The zero-order valence-corrected chi connectivity index (χ0v) is 15.7. The SMILES string of the molecule is COc1ccc(C(=O)NCCN(Cc2ccco2)S(C)(=O)=O)cc1OC. The van der Waals surface area contributed by atoms with E-state index in [9.17, 15) is 13.2 Å². The predicted molar refractivity (Wildman–Crippen MR) is 95.8 cm³/mol. The Kier molecular flexibility index (Phi) is 6.64. The maximum absolute atomic E-state index is 12.3. The van der Waals surface area contributed by atoms with Crippen LogP contribution < -0.4 is 14.8 Å². The number of ether oxygens (including phenoxy) is 2. The van der Waals surface area contributed by atoms with Crippen LogP contribution in [0.1, 0.15) is 16.1 Å². The van der Waals surface area contributed by atoms with Gasteiger partial charge in [-0.3, -0.25) is 4.79 Å². The Hall–Kier alpha value is -2.52. The molecule has 0 aliphatic heterocycles. The van der Waals surface area contributed by atoms with Gasteiger partial charge in [0.25, 0.3) is 5.91 Å². The Morgan fingerprint density at radius 3 is 2.50 bits per heavy atom. The van der Waals surface area contributed by atoms with Crippen LogP contribution in [0.2, 0.25) is 0 Å². The summed E-state index contributed by atoms with van der Waals surface area (Å²) in [5.41, 5.74) is 0.389. The Bertz CT molecular complexity index is 833. The second-order valence-electron chi connectivity index (χ2n) is 5.50. The van der Waals surface area contributed by atoms with E-state index in [4.69, 9.17) is 13.9 Å². The molecule has 1 aromatic carbocycles. The van der Waals surface area contributed by atoms with Gasteiger partial charge in [0, 0.05) is 18.7 Å². The van der Waals surface area contributed by atoms with E-state index in [1.165, 1.54) is 24.8 Å². The highest BCUT2D eigenvalue weighted by Crippen LogP contribution is 2.27. The summed E-state index contributed by atoms with van der Waals surface area (Å²) in [6, 6.07) is 8.18. The fraction of sp³-hybridized carbons (Fsp3) is 0.353. The van der Waals surface area contributed by atoms with E-state index in [2.05, 4.69) is 5.32 Å². The molecule has 26 heavy (non-hydrogen) atoms. The first-order chi connectivity index (χ1) is 12.3. The van der Waals surface area contributed by atoms with Crippen molar-refractivity contribution in [2.45, 2.75) is 6.54 Å². The first-order valence-electron chi connectivity index (χ1n) is 7.83. The Morgan fingerprint density at radius 2 is 1.92 bits per heavy atom. The normalized spacial score (nSPS) is 11.4.